The molecule has 0 aliphatic carbocycles. The number of rotatable bonds is 2. The fourth-order valence-corrected chi connectivity index (χ4v) is 2.61. The lowest BCUT2D eigenvalue weighted by atomic mass is 10.1. The predicted octanol–water partition coefficient (Wildman–Crippen LogP) is 3.84. The zero-order valence-corrected chi connectivity index (χ0v) is 11.1. The van der Waals surface area contributed by atoms with E-state index in [-0.39, 0.29) is 0 Å². The van der Waals surface area contributed by atoms with Gasteiger partial charge in [0.15, 0.2) is 0 Å². The minimum Gasteiger partial charge on any atom is -0.398 e. The summed E-state index contributed by atoms with van der Waals surface area (Å²) in [5, 5.41) is 14.4. The number of thioether (sulfide) groups is 1. The number of hydrogen-bond donors (Lipinski definition) is 0. The zero-order chi connectivity index (χ0) is 13.0. The van der Waals surface area contributed by atoms with Gasteiger partial charge < -0.3 is 4.84 Å². The molecule has 0 spiro atoms. The molecule has 90 valence electrons. The SMILES string of the molecule is CON=C1C=C/C(=C(/C#N)c2ccccc2Cl)S1. The van der Waals surface area contributed by atoms with Gasteiger partial charge in [-0.05, 0) is 18.2 Å². The second-order valence-corrected chi connectivity index (χ2v) is 4.85. The van der Waals surface area contributed by atoms with Crippen molar-refractivity contribution in [2.24, 2.45) is 5.16 Å². The minimum atomic E-state index is 0.545. The molecule has 0 N–H and O–H groups in total. The van der Waals surface area contributed by atoms with Crippen LogP contribution in [-0.4, -0.2) is 12.2 Å². The van der Waals surface area contributed by atoms with Gasteiger partial charge in [-0.2, -0.15) is 5.26 Å². The van der Waals surface area contributed by atoms with Crippen LogP contribution < -0.4 is 0 Å². The Morgan fingerprint density at radius 1 is 1.39 bits per heavy atom. The van der Waals surface area contributed by atoms with E-state index in [1.807, 2.05) is 24.3 Å². The van der Waals surface area contributed by atoms with Crippen molar-refractivity contribution in [1.82, 2.24) is 0 Å². The molecule has 1 aliphatic rings. The molecule has 1 aromatic rings. The number of oxime groups is 1. The van der Waals surface area contributed by atoms with E-state index in [1.165, 1.54) is 18.9 Å². The lowest BCUT2D eigenvalue weighted by molar-refractivity contribution is 0.215. The average Bonchev–Trinajstić information content (AvgIpc) is 2.82. The lowest BCUT2D eigenvalue weighted by Crippen LogP contribution is -1.87. The first-order valence-corrected chi connectivity index (χ1v) is 6.32. The highest BCUT2D eigenvalue weighted by atomic mass is 35.5. The average molecular weight is 277 g/mol. The first kappa shape index (κ1) is 12.7. The molecule has 1 aromatic carbocycles. The summed E-state index contributed by atoms with van der Waals surface area (Å²) in [7, 11) is 1.49. The summed E-state index contributed by atoms with van der Waals surface area (Å²) in [6.45, 7) is 0. The van der Waals surface area contributed by atoms with Crippen LogP contribution in [0.1, 0.15) is 5.56 Å². The van der Waals surface area contributed by atoms with Gasteiger partial charge in [0.25, 0.3) is 0 Å². The monoisotopic (exact) mass is 276 g/mol. The Labute approximate surface area is 114 Å². The third kappa shape index (κ3) is 2.58. The standard InChI is InChI=1S/C13H9ClN2OS/c1-17-16-13-7-6-12(18-13)10(8-15)9-4-2-3-5-11(9)14/h2-7H,1H3/b12-10+,16-13?. The van der Waals surface area contributed by atoms with E-state index < -0.39 is 0 Å². The maximum atomic E-state index is 9.30. The smallest absolute Gasteiger partial charge is 0.140 e. The van der Waals surface area contributed by atoms with E-state index in [9.17, 15) is 5.26 Å². The first-order valence-electron chi connectivity index (χ1n) is 5.12. The predicted molar refractivity (Wildman–Crippen MR) is 75.2 cm³/mol. The maximum absolute atomic E-state index is 9.30. The summed E-state index contributed by atoms with van der Waals surface area (Å²) < 4.78 is 0. The molecule has 0 atom stereocenters. The largest absolute Gasteiger partial charge is 0.398 e. The van der Waals surface area contributed by atoms with E-state index in [2.05, 4.69) is 11.2 Å². The molecule has 18 heavy (non-hydrogen) atoms. The Balaban J connectivity index is 2.43. The van der Waals surface area contributed by atoms with Crippen molar-refractivity contribution in [3.8, 4) is 6.07 Å². The highest BCUT2D eigenvalue weighted by Gasteiger charge is 2.16. The van der Waals surface area contributed by atoms with Gasteiger partial charge in [0.1, 0.15) is 18.2 Å². The van der Waals surface area contributed by atoms with E-state index in [4.69, 9.17) is 16.4 Å². The maximum Gasteiger partial charge on any atom is 0.140 e. The van der Waals surface area contributed by atoms with Gasteiger partial charge in [0.2, 0.25) is 0 Å². The molecule has 3 nitrogen and oxygen atoms in total. The lowest BCUT2D eigenvalue weighted by Gasteiger charge is -2.04. The Bertz CT molecular complexity index is 599. The molecule has 0 amide bonds. The number of benzene rings is 1. The molecule has 5 heteroatoms. The molecular formula is C13H9ClN2OS. The van der Waals surface area contributed by atoms with Gasteiger partial charge in [-0.25, -0.2) is 0 Å². The quantitative estimate of drug-likeness (QED) is 0.609. The molecule has 1 heterocycles. The van der Waals surface area contributed by atoms with Gasteiger partial charge in [-0.1, -0.05) is 46.7 Å². The molecule has 1 aliphatic heterocycles. The van der Waals surface area contributed by atoms with Gasteiger partial charge in [-0.3, -0.25) is 0 Å². The van der Waals surface area contributed by atoms with Crippen molar-refractivity contribution < 1.29 is 4.84 Å². The summed E-state index contributed by atoms with van der Waals surface area (Å²) in [5.74, 6) is 0. The number of hydrogen-bond acceptors (Lipinski definition) is 4. The Morgan fingerprint density at radius 2 is 2.17 bits per heavy atom. The molecule has 0 fully saturated rings. The molecule has 0 aromatic heterocycles. The van der Waals surface area contributed by atoms with Crippen LogP contribution in [0.3, 0.4) is 0 Å². The van der Waals surface area contributed by atoms with Gasteiger partial charge in [0, 0.05) is 15.5 Å². The van der Waals surface area contributed by atoms with Crippen LogP contribution >= 0.6 is 23.4 Å². The number of allylic oxidation sites excluding steroid dienone is 2. The summed E-state index contributed by atoms with van der Waals surface area (Å²) in [4.78, 5) is 5.52. The van der Waals surface area contributed by atoms with Crippen LogP contribution in [0.2, 0.25) is 5.02 Å². The summed E-state index contributed by atoms with van der Waals surface area (Å²) in [6.07, 6.45) is 3.64. The molecule has 0 bridgehead atoms. The van der Waals surface area contributed by atoms with Crippen LogP contribution in [0.4, 0.5) is 0 Å². The van der Waals surface area contributed by atoms with Gasteiger partial charge >= 0.3 is 0 Å². The Kier molecular flexibility index (Phi) is 4.08. The fourth-order valence-electron chi connectivity index (χ4n) is 1.51. The molecule has 0 unspecified atom stereocenters. The van der Waals surface area contributed by atoms with Crippen LogP contribution in [0.15, 0.2) is 46.5 Å². The molecular weight excluding hydrogens is 268 g/mol. The molecule has 0 saturated carbocycles. The minimum absolute atomic E-state index is 0.545. The first-order chi connectivity index (χ1) is 8.76. The van der Waals surface area contributed by atoms with Crippen molar-refractivity contribution in [2.75, 3.05) is 7.11 Å². The van der Waals surface area contributed by atoms with E-state index in [0.29, 0.717) is 15.6 Å². The molecule has 2 rings (SSSR count). The number of nitrogens with zero attached hydrogens (tertiary/aromatic N) is 2. The van der Waals surface area contributed by atoms with Gasteiger partial charge in [-0.15, -0.1) is 0 Å². The van der Waals surface area contributed by atoms with Crippen molar-refractivity contribution in [1.29, 1.82) is 5.26 Å². The van der Waals surface area contributed by atoms with E-state index in [0.717, 1.165) is 10.5 Å². The summed E-state index contributed by atoms with van der Waals surface area (Å²) in [6, 6.07) is 9.47. The summed E-state index contributed by atoms with van der Waals surface area (Å²) in [5.41, 5.74) is 1.27. The molecule has 0 saturated heterocycles. The van der Waals surface area contributed by atoms with E-state index >= 15 is 0 Å². The summed E-state index contributed by atoms with van der Waals surface area (Å²) >= 11 is 7.48. The third-order valence-electron chi connectivity index (χ3n) is 2.27. The molecule has 0 radical (unpaired) electrons. The Hall–Kier alpha value is -1.70. The second kappa shape index (κ2) is 5.76. The van der Waals surface area contributed by atoms with Crippen LogP contribution in [-0.2, 0) is 4.84 Å². The van der Waals surface area contributed by atoms with Crippen molar-refractivity contribution in [3.63, 3.8) is 0 Å². The highest BCUT2D eigenvalue weighted by Crippen LogP contribution is 2.35. The normalized spacial score (nSPS) is 18.8. The highest BCUT2D eigenvalue weighted by molar-refractivity contribution is 8.18. The van der Waals surface area contributed by atoms with E-state index in [1.54, 1.807) is 12.1 Å². The number of nitriles is 1. The van der Waals surface area contributed by atoms with Gasteiger partial charge in [0.05, 0.1) is 5.57 Å². The Morgan fingerprint density at radius 3 is 2.83 bits per heavy atom. The van der Waals surface area contributed by atoms with Crippen molar-refractivity contribution >= 4 is 34.0 Å². The third-order valence-corrected chi connectivity index (χ3v) is 3.58. The van der Waals surface area contributed by atoms with Crippen LogP contribution in [0, 0.1) is 11.3 Å². The van der Waals surface area contributed by atoms with Crippen molar-refractivity contribution in [2.45, 2.75) is 0 Å². The van der Waals surface area contributed by atoms with Crippen molar-refractivity contribution in [3.05, 3.63) is 51.9 Å². The van der Waals surface area contributed by atoms with Crippen LogP contribution in [0.5, 0.6) is 0 Å². The topological polar surface area (TPSA) is 45.4 Å². The van der Waals surface area contributed by atoms with Crippen LogP contribution in [0.25, 0.3) is 5.57 Å². The fraction of sp³-hybridized carbons (Fsp3) is 0.0769. The number of halogens is 1. The zero-order valence-electron chi connectivity index (χ0n) is 9.55. The second-order valence-electron chi connectivity index (χ2n) is 3.38.